The van der Waals surface area contributed by atoms with Crippen molar-refractivity contribution in [3.05, 3.63) is 64.5 Å². The molecular formula is C20H26ClN3O. The third kappa shape index (κ3) is 4.33. The van der Waals surface area contributed by atoms with Crippen LogP contribution in [0.3, 0.4) is 0 Å². The highest BCUT2D eigenvalue weighted by molar-refractivity contribution is 5.96. The van der Waals surface area contributed by atoms with Gasteiger partial charge in [-0.25, -0.2) is 0 Å². The molecule has 0 fully saturated rings. The van der Waals surface area contributed by atoms with Crippen molar-refractivity contribution >= 4 is 18.3 Å². The summed E-state index contributed by atoms with van der Waals surface area (Å²) in [5.41, 5.74) is 6.42. The van der Waals surface area contributed by atoms with E-state index in [1.165, 1.54) is 11.1 Å². The second kappa shape index (κ2) is 8.37. The summed E-state index contributed by atoms with van der Waals surface area (Å²) in [5.74, 6) is 0.00133. The van der Waals surface area contributed by atoms with Crippen molar-refractivity contribution in [3.8, 4) is 5.69 Å². The minimum absolute atomic E-state index is 0. The van der Waals surface area contributed by atoms with Crippen LogP contribution in [0.15, 0.2) is 42.0 Å². The number of benzene rings is 1. The summed E-state index contributed by atoms with van der Waals surface area (Å²) in [6, 6.07) is 10.3. The number of carbonyl (C=O) groups is 1. The third-order valence-electron chi connectivity index (χ3n) is 4.57. The van der Waals surface area contributed by atoms with Gasteiger partial charge in [-0.3, -0.25) is 4.79 Å². The van der Waals surface area contributed by atoms with E-state index in [9.17, 15) is 4.79 Å². The third-order valence-corrected chi connectivity index (χ3v) is 4.57. The maximum atomic E-state index is 12.6. The van der Waals surface area contributed by atoms with Crippen LogP contribution in [-0.4, -0.2) is 30.1 Å². The number of rotatable bonds is 4. The maximum absolute atomic E-state index is 12.6. The van der Waals surface area contributed by atoms with Crippen LogP contribution in [0.2, 0.25) is 0 Å². The van der Waals surface area contributed by atoms with Gasteiger partial charge >= 0.3 is 0 Å². The molecule has 0 saturated heterocycles. The lowest BCUT2D eigenvalue weighted by molar-refractivity contribution is 0.0956. The van der Waals surface area contributed by atoms with Crippen molar-refractivity contribution in [2.24, 2.45) is 0 Å². The number of nitrogens with one attached hydrogen (secondary N) is 2. The maximum Gasteiger partial charge on any atom is 0.253 e. The van der Waals surface area contributed by atoms with E-state index in [-0.39, 0.29) is 18.3 Å². The van der Waals surface area contributed by atoms with Gasteiger partial charge in [0.1, 0.15) is 0 Å². The van der Waals surface area contributed by atoms with Crippen LogP contribution in [0.25, 0.3) is 5.69 Å². The average molecular weight is 360 g/mol. The Balaban J connectivity index is 0.00000225. The molecule has 1 aliphatic rings. The van der Waals surface area contributed by atoms with Crippen LogP contribution in [0.4, 0.5) is 0 Å². The number of halogens is 1. The van der Waals surface area contributed by atoms with Crippen molar-refractivity contribution in [3.63, 3.8) is 0 Å². The number of nitrogens with zero attached hydrogens (tertiary/aromatic N) is 1. The summed E-state index contributed by atoms with van der Waals surface area (Å²) >= 11 is 0. The predicted molar refractivity (Wildman–Crippen MR) is 105 cm³/mol. The lowest BCUT2D eigenvalue weighted by Gasteiger charge is -2.15. The Labute approximate surface area is 155 Å². The molecule has 0 saturated carbocycles. The largest absolute Gasteiger partial charge is 0.348 e. The highest BCUT2D eigenvalue weighted by atomic mass is 35.5. The van der Waals surface area contributed by atoms with Gasteiger partial charge in [-0.15, -0.1) is 12.4 Å². The molecule has 0 radical (unpaired) electrons. The smallest absolute Gasteiger partial charge is 0.253 e. The monoisotopic (exact) mass is 359 g/mol. The normalized spacial score (nSPS) is 13.8. The quantitative estimate of drug-likeness (QED) is 0.821. The molecule has 0 aliphatic carbocycles. The molecule has 2 aromatic rings. The van der Waals surface area contributed by atoms with Gasteiger partial charge in [0.2, 0.25) is 0 Å². The topological polar surface area (TPSA) is 46.1 Å². The summed E-state index contributed by atoms with van der Waals surface area (Å²) in [6.07, 6.45) is 3.17. The summed E-state index contributed by atoms with van der Waals surface area (Å²) in [6.45, 7) is 8.65. The first kappa shape index (κ1) is 19.3. The molecular weight excluding hydrogens is 334 g/mol. The molecule has 3 rings (SSSR count). The molecule has 1 aliphatic heterocycles. The summed E-state index contributed by atoms with van der Waals surface area (Å²) in [7, 11) is 0. The minimum atomic E-state index is 0. The van der Waals surface area contributed by atoms with E-state index in [2.05, 4.69) is 46.4 Å². The van der Waals surface area contributed by atoms with Crippen LogP contribution in [-0.2, 0) is 0 Å². The highest BCUT2D eigenvalue weighted by Crippen LogP contribution is 2.21. The van der Waals surface area contributed by atoms with Crippen molar-refractivity contribution < 1.29 is 4.79 Å². The average Bonchev–Trinajstić information content (AvgIpc) is 2.88. The Morgan fingerprint density at radius 1 is 1.24 bits per heavy atom. The number of hydrogen-bond donors (Lipinski definition) is 2. The first-order valence-corrected chi connectivity index (χ1v) is 8.49. The molecule has 1 aromatic carbocycles. The standard InChI is InChI=1S/C20H25N3O.ClH/c1-14-5-4-6-18(11-14)23-15(2)12-19(16(23)3)20(24)22-13-17-7-9-21-10-8-17;/h4-7,11-12,21H,8-10,13H2,1-3H3,(H,22,24);1H. The molecule has 1 amide bonds. The summed E-state index contributed by atoms with van der Waals surface area (Å²) < 4.78 is 2.14. The van der Waals surface area contributed by atoms with Crippen LogP contribution in [0, 0.1) is 20.8 Å². The fraction of sp³-hybridized carbons (Fsp3) is 0.350. The van der Waals surface area contributed by atoms with Crippen LogP contribution in [0.1, 0.15) is 33.7 Å². The van der Waals surface area contributed by atoms with E-state index >= 15 is 0 Å². The summed E-state index contributed by atoms with van der Waals surface area (Å²) in [5, 5.41) is 6.35. The van der Waals surface area contributed by atoms with Gasteiger partial charge in [0, 0.05) is 30.2 Å². The van der Waals surface area contributed by atoms with Crippen LogP contribution >= 0.6 is 12.4 Å². The van der Waals surface area contributed by atoms with E-state index in [0.717, 1.165) is 42.1 Å². The van der Waals surface area contributed by atoms with Gasteiger partial charge in [0.15, 0.2) is 0 Å². The molecule has 0 unspecified atom stereocenters. The predicted octanol–water partition coefficient (Wildman–Crippen LogP) is 3.47. The van der Waals surface area contributed by atoms with E-state index < -0.39 is 0 Å². The molecule has 2 heterocycles. The van der Waals surface area contributed by atoms with Gasteiger partial charge in [-0.05, 0) is 57.5 Å². The van der Waals surface area contributed by atoms with E-state index in [4.69, 9.17) is 0 Å². The second-order valence-electron chi connectivity index (χ2n) is 6.46. The molecule has 5 heteroatoms. The summed E-state index contributed by atoms with van der Waals surface area (Å²) in [4.78, 5) is 12.6. The minimum Gasteiger partial charge on any atom is -0.348 e. The number of amides is 1. The Bertz CT molecular complexity index is 792. The fourth-order valence-electron chi connectivity index (χ4n) is 3.28. The van der Waals surface area contributed by atoms with Gasteiger partial charge in [-0.1, -0.05) is 23.8 Å². The van der Waals surface area contributed by atoms with Gasteiger partial charge in [-0.2, -0.15) is 0 Å². The molecule has 0 atom stereocenters. The Kier molecular flexibility index (Phi) is 6.45. The fourth-order valence-corrected chi connectivity index (χ4v) is 3.28. The molecule has 134 valence electrons. The van der Waals surface area contributed by atoms with Crippen molar-refractivity contribution in [2.45, 2.75) is 27.2 Å². The first-order chi connectivity index (χ1) is 11.6. The zero-order chi connectivity index (χ0) is 17.1. The molecule has 0 bridgehead atoms. The lowest BCUT2D eigenvalue weighted by atomic mass is 10.1. The van der Waals surface area contributed by atoms with Gasteiger partial charge in [0.25, 0.3) is 5.91 Å². The van der Waals surface area contributed by atoms with Crippen molar-refractivity contribution in [1.29, 1.82) is 0 Å². The van der Waals surface area contributed by atoms with Crippen molar-refractivity contribution in [2.75, 3.05) is 19.6 Å². The van der Waals surface area contributed by atoms with Crippen LogP contribution in [0.5, 0.6) is 0 Å². The number of carbonyl (C=O) groups excluding carboxylic acids is 1. The molecule has 25 heavy (non-hydrogen) atoms. The van der Waals surface area contributed by atoms with Gasteiger partial charge in [0.05, 0.1) is 5.56 Å². The number of hydrogen-bond acceptors (Lipinski definition) is 2. The molecule has 0 spiro atoms. The number of aromatic nitrogens is 1. The van der Waals surface area contributed by atoms with Crippen LogP contribution < -0.4 is 10.6 Å². The lowest BCUT2D eigenvalue weighted by Crippen LogP contribution is -2.29. The molecule has 1 aromatic heterocycles. The Morgan fingerprint density at radius 3 is 2.72 bits per heavy atom. The zero-order valence-corrected chi connectivity index (χ0v) is 15.9. The second-order valence-corrected chi connectivity index (χ2v) is 6.46. The first-order valence-electron chi connectivity index (χ1n) is 8.49. The molecule has 4 nitrogen and oxygen atoms in total. The Hall–Kier alpha value is -2.04. The van der Waals surface area contributed by atoms with Gasteiger partial charge < -0.3 is 15.2 Å². The van der Waals surface area contributed by atoms with Crippen molar-refractivity contribution in [1.82, 2.24) is 15.2 Å². The highest BCUT2D eigenvalue weighted by Gasteiger charge is 2.17. The van der Waals surface area contributed by atoms with E-state index in [1.807, 2.05) is 26.0 Å². The Morgan fingerprint density at radius 2 is 2.04 bits per heavy atom. The SMILES string of the molecule is Cc1cccc(-n2c(C)cc(C(=O)NCC3=CCNCC3)c2C)c1.Cl. The van der Waals surface area contributed by atoms with E-state index in [0.29, 0.717) is 6.54 Å². The molecule has 2 N–H and O–H groups in total. The van der Waals surface area contributed by atoms with E-state index in [1.54, 1.807) is 0 Å². The zero-order valence-electron chi connectivity index (χ0n) is 15.1. The number of aryl methyl sites for hydroxylation is 2.